The van der Waals surface area contributed by atoms with Gasteiger partial charge < -0.3 is 0 Å². The van der Waals surface area contributed by atoms with E-state index in [1.54, 1.807) is 13.8 Å². The van der Waals surface area contributed by atoms with Crippen molar-refractivity contribution in [2.75, 3.05) is 0 Å². The van der Waals surface area contributed by atoms with Crippen molar-refractivity contribution in [2.45, 2.75) is 39.0 Å². The minimum atomic E-state index is -4.65. The van der Waals surface area contributed by atoms with Crippen LogP contribution in [0.3, 0.4) is 0 Å². The first-order valence-electron chi connectivity index (χ1n) is 5.73. The predicted molar refractivity (Wildman–Crippen MR) is 59.7 cm³/mol. The van der Waals surface area contributed by atoms with Gasteiger partial charge in [0.1, 0.15) is 0 Å². The second-order valence-electron chi connectivity index (χ2n) is 4.83. The third-order valence-corrected chi connectivity index (χ3v) is 3.17. The molecule has 0 aliphatic carbocycles. The molecule has 0 amide bonds. The van der Waals surface area contributed by atoms with Crippen molar-refractivity contribution in [3.8, 4) is 0 Å². The molecule has 0 heterocycles. The number of hydrogen-bond acceptors (Lipinski definition) is 0. The predicted octanol–water partition coefficient (Wildman–Crippen LogP) is 5.48. The zero-order chi connectivity index (χ0) is 15.0. The molecule has 0 saturated carbocycles. The summed E-state index contributed by atoms with van der Waals surface area (Å²) in [7, 11) is 0. The highest BCUT2D eigenvalue weighted by atomic mass is 19.4. The number of hydrogen-bond donors (Lipinski definition) is 0. The standard InChI is InChI=1S/C13H14F6/c1-7(2)8(3)10-6-9(12(14,15)16)4-5-11(10)13(17,18)19/h4-8H,1-3H3. The topological polar surface area (TPSA) is 0 Å². The first-order valence-corrected chi connectivity index (χ1v) is 5.73. The van der Waals surface area contributed by atoms with Crippen LogP contribution in [0.25, 0.3) is 0 Å². The van der Waals surface area contributed by atoms with E-state index in [1.807, 2.05) is 0 Å². The maximum absolute atomic E-state index is 12.8. The van der Waals surface area contributed by atoms with E-state index >= 15 is 0 Å². The first kappa shape index (κ1) is 15.9. The van der Waals surface area contributed by atoms with E-state index in [0.29, 0.717) is 18.2 Å². The van der Waals surface area contributed by atoms with Crippen LogP contribution in [0.1, 0.15) is 43.4 Å². The highest BCUT2D eigenvalue weighted by Crippen LogP contribution is 2.40. The second kappa shape index (κ2) is 5.06. The Kier molecular flexibility index (Phi) is 4.22. The molecule has 1 unspecified atom stereocenters. The summed E-state index contributed by atoms with van der Waals surface area (Å²) < 4.78 is 76.2. The Morgan fingerprint density at radius 2 is 1.37 bits per heavy atom. The van der Waals surface area contributed by atoms with E-state index in [0.717, 1.165) is 0 Å². The molecule has 1 aromatic carbocycles. The molecule has 0 radical (unpaired) electrons. The fourth-order valence-electron chi connectivity index (χ4n) is 1.73. The average Bonchev–Trinajstić information content (AvgIpc) is 2.24. The van der Waals surface area contributed by atoms with E-state index in [2.05, 4.69) is 0 Å². The smallest absolute Gasteiger partial charge is 0.166 e. The first-order chi connectivity index (χ1) is 8.44. The molecule has 0 saturated heterocycles. The maximum atomic E-state index is 12.8. The van der Waals surface area contributed by atoms with Crippen LogP contribution >= 0.6 is 0 Å². The van der Waals surface area contributed by atoms with Crippen molar-refractivity contribution in [3.63, 3.8) is 0 Å². The van der Waals surface area contributed by atoms with Crippen molar-refractivity contribution in [1.82, 2.24) is 0 Å². The van der Waals surface area contributed by atoms with Crippen LogP contribution in [0, 0.1) is 5.92 Å². The van der Waals surface area contributed by atoms with Gasteiger partial charge in [-0.1, -0.05) is 20.8 Å². The van der Waals surface area contributed by atoms with Crippen LogP contribution in [-0.2, 0) is 12.4 Å². The third kappa shape index (κ3) is 3.64. The molecular weight excluding hydrogens is 270 g/mol. The quantitative estimate of drug-likeness (QED) is 0.630. The van der Waals surface area contributed by atoms with Crippen molar-refractivity contribution in [3.05, 3.63) is 34.9 Å². The summed E-state index contributed by atoms with van der Waals surface area (Å²) in [5.41, 5.74) is -2.36. The lowest BCUT2D eigenvalue weighted by molar-refractivity contribution is -0.142. The largest absolute Gasteiger partial charge is 0.416 e. The van der Waals surface area contributed by atoms with E-state index < -0.39 is 29.4 Å². The van der Waals surface area contributed by atoms with E-state index in [4.69, 9.17) is 0 Å². The van der Waals surface area contributed by atoms with Gasteiger partial charge in [-0.2, -0.15) is 26.3 Å². The van der Waals surface area contributed by atoms with Crippen LogP contribution in [0.4, 0.5) is 26.3 Å². The summed E-state index contributed by atoms with van der Waals surface area (Å²) in [4.78, 5) is 0. The van der Waals surface area contributed by atoms with Gasteiger partial charge in [-0.3, -0.25) is 0 Å². The maximum Gasteiger partial charge on any atom is 0.416 e. The Hall–Kier alpha value is -1.20. The molecule has 0 spiro atoms. The van der Waals surface area contributed by atoms with Crippen molar-refractivity contribution in [2.24, 2.45) is 5.92 Å². The van der Waals surface area contributed by atoms with Gasteiger partial charge in [0.05, 0.1) is 11.1 Å². The second-order valence-corrected chi connectivity index (χ2v) is 4.83. The number of halogens is 6. The van der Waals surface area contributed by atoms with Gasteiger partial charge in [-0.15, -0.1) is 0 Å². The molecule has 0 N–H and O–H groups in total. The van der Waals surface area contributed by atoms with Crippen LogP contribution < -0.4 is 0 Å². The zero-order valence-corrected chi connectivity index (χ0v) is 10.7. The average molecular weight is 284 g/mol. The lowest BCUT2D eigenvalue weighted by Gasteiger charge is -2.22. The number of benzene rings is 1. The molecular formula is C13H14F6. The molecule has 1 atom stereocenters. The molecule has 0 aliphatic rings. The van der Waals surface area contributed by atoms with E-state index in [-0.39, 0.29) is 11.5 Å². The lowest BCUT2D eigenvalue weighted by Crippen LogP contribution is -2.16. The molecule has 1 rings (SSSR count). The van der Waals surface area contributed by atoms with Crippen LogP contribution in [0.5, 0.6) is 0 Å². The Morgan fingerprint density at radius 3 is 1.74 bits per heavy atom. The Morgan fingerprint density at radius 1 is 0.842 bits per heavy atom. The fourth-order valence-corrected chi connectivity index (χ4v) is 1.73. The molecule has 0 aliphatic heterocycles. The zero-order valence-electron chi connectivity index (χ0n) is 10.7. The van der Waals surface area contributed by atoms with Crippen molar-refractivity contribution >= 4 is 0 Å². The minimum absolute atomic E-state index is 0.190. The SMILES string of the molecule is CC(C)C(C)c1cc(C(F)(F)F)ccc1C(F)(F)F. The Balaban J connectivity index is 3.44. The third-order valence-electron chi connectivity index (χ3n) is 3.17. The van der Waals surface area contributed by atoms with Gasteiger partial charge in [0.25, 0.3) is 0 Å². The molecule has 0 bridgehead atoms. The van der Waals surface area contributed by atoms with Gasteiger partial charge in [-0.05, 0) is 35.6 Å². The molecule has 0 nitrogen and oxygen atoms in total. The van der Waals surface area contributed by atoms with E-state index in [9.17, 15) is 26.3 Å². The summed E-state index contributed by atoms with van der Waals surface area (Å²) in [6.45, 7) is 4.84. The van der Waals surface area contributed by atoms with Crippen LogP contribution in [0.15, 0.2) is 18.2 Å². The van der Waals surface area contributed by atoms with Gasteiger partial charge >= 0.3 is 12.4 Å². The Labute approximate surface area is 107 Å². The summed E-state index contributed by atoms with van der Waals surface area (Å²) in [5, 5.41) is 0. The van der Waals surface area contributed by atoms with Crippen LogP contribution in [-0.4, -0.2) is 0 Å². The molecule has 1 aromatic rings. The number of rotatable bonds is 2. The van der Waals surface area contributed by atoms with Gasteiger partial charge in [0, 0.05) is 0 Å². The summed E-state index contributed by atoms with van der Waals surface area (Å²) >= 11 is 0. The normalized spacial score (nSPS) is 14.8. The summed E-state index contributed by atoms with van der Waals surface area (Å²) in [5.74, 6) is -0.802. The molecule has 6 heteroatoms. The Bertz CT molecular complexity index is 441. The van der Waals surface area contributed by atoms with Gasteiger partial charge in [0.2, 0.25) is 0 Å². The highest BCUT2D eigenvalue weighted by molar-refractivity contribution is 5.37. The van der Waals surface area contributed by atoms with E-state index in [1.165, 1.54) is 6.92 Å². The molecule has 0 fully saturated rings. The minimum Gasteiger partial charge on any atom is -0.166 e. The van der Waals surface area contributed by atoms with Gasteiger partial charge in [-0.25, -0.2) is 0 Å². The van der Waals surface area contributed by atoms with Gasteiger partial charge in [0.15, 0.2) is 0 Å². The monoisotopic (exact) mass is 284 g/mol. The lowest BCUT2D eigenvalue weighted by atomic mass is 9.86. The highest BCUT2D eigenvalue weighted by Gasteiger charge is 2.38. The molecule has 19 heavy (non-hydrogen) atoms. The van der Waals surface area contributed by atoms with Crippen LogP contribution in [0.2, 0.25) is 0 Å². The summed E-state index contributed by atoms with van der Waals surface area (Å²) in [6.07, 6.45) is -9.29. The molecule has 108 valence electrons. The number of alkyl halides is 6. The summed E-state index contributed by atoms with van der Waals surface area (Å²) in [6, 6.07) is 1.59. The fraction of sp³-hybridized carbons (Fsp3) is 0.538. The molecule has 0 aromatic heterocycles. The van der Waals surface area contributed by atoms with Crippen molar-refractivity contribution in [1.29, 1.82) is 0 Å². The van der Waals surface area contributed by atoms with Crippen molar-refractivity contribution < 1.29 is 26.3 Å².